The Balaban J connectivity index is 2.48. The highest BCUT2D eigenvalue weighted by Crippen LogP contribution is 2.35. The molecule has 0 saturated carbocycles. The van der Waals surface area contributed by atoms with E-state index in [2.05, 4.69) is 35.4 Å². The van der Waals surface area contributed by atoms with E-state index in [0.29, 0.717) is 0 Å². The number of aliphatic hydroxyl groups is 1. The summed E-state index contributed by atoms with van der Waals surface area (Å²) in [6.45, 7) is 9.66. The topological polar surface area (TPSA) is 25.2 Å². The number of allylic oxidation sites excluding steroid dienone is 1. The van der Waals surface area contributed by atoms with Crippen LogP contribution in [-0.4, -0.2) is 9.67 Å². The number of para-hydroxylation sites is 2. The van der Waals surface area contributed by atoms with Gasteiger partial charge in [0.25, 0.3) is 0 Å². The molecule has 0 bridgehead atoms. The summed E-state index contributed by atoms with van der Waals surface area (Å²) in [4.78, 5) is 0. The van der Waals surface area contributed by atoms with Gasteiger partial charge in [-0.3, -0.25) is 0 Å². The van der Waals surface area contributed by atoms with Crippen LogP contribution in [0.5, 0.6) is 0 Å². The molecule has 0 unspecified atom stereocenters. The van der Waals surface area contributed by atoms with Gasteiger partial charge >= 0.3 is 0 Å². The highest BCUT2D eigenvalue weighted by Gasteiger charge is 2.23. The average Bonchev–Trinajstić information content (AvgIpc) is 2.87. The van der Waals surface area contributed by atoms with Crippen molar-refractivity contribution in [3.63, 3.8) is 0 Å². The van der Waals surface area contributed by atoms with E-state index in [4.69, 9.17) is 0 Å². The second-order valence-corrected chi connectivity index (χ2v) is 6.43. The quantitative estimate of drug-likeness (QED) is 0.672. The summed E-state index contributed by atoms with van der Waals surface area (Å²) in [6.07, 6.45) is 6.03. The molecule has 0 aliphatic rings. The number of aromatic nitrogens is 1. The van der Waals surface area contributed by atoms with Crippen molar-refractivity contribution in [2.75, 3.05) is 0 Å². The van der Waals surface area contributed by atoms with Crippen LogP contribution in [0.15, 0.2) is 61.2 Å². The summed E-state index contributed by atoms with van der Waals surface area (Å²) in [5.41, 5.74) is 4.25. The highest BCUT2D eigenvalue weighted by atomic mass is 16.3. The van der Waals surface area contributed by atoms with Crippen LogP contribution in [0.1, 0.15) is 37.6 Å². The molecule has 3 rings (SSSR count). The molecule has 0 radical (unpaired) electrons. The van der Waals surface area contributed by atoms with Crippen LogP contribution >= 0.6 is 0 Å². The minimum atomic E-state index is -0.927. The molecular weight excluding hydrogens is 294 g/mol. The Kier molecular flexibility index (Phi) is 4.16. The van der Waals surface area contributed by atoms with Gasteiger partial charge in [0.15, 0.2) is 0 Å². The van der Waals surface area contributed by atoms with Crippen molar-refractivity contribution in [2.45, 2.75) is 26.4 Å². The standard InChI is InChI=1S/C22H23NO/c1-5-11-19-16(6-2)17-12-7-9-14-20(17)23(19)21-15-10-8-13-18(21)22(3,4)24/h5-15,24H,2H2,1,3-4H3/b11-5-. The molecule has 0 atom stereocenters. The molecule has 2 heteroatoms. The first kappa shape index (κ1) is 16.3. The van der Waals surface area contributed by atoms with Gasteiger partial charge in [0.05, 0.1) is 22.5 Å². The summed E-state index contributed by atoms with van der Waals surface area (Å²) < 4.78 is 2.21. The summed E-state index contributed by atoms with van der Waals surface area (Å²) in [6, 6.07) is 16.3. The number of hydrogen-bond donors (Lipinski definition) is 1. The number of hydrogen-bond acceptors (Lipinski definition) is 1. The minimum absolute atomic E-state index is 0.895. The highest BCUT2D eigenvalue weighted by molar-refractivity contribution is 5.95. The number of nitrogens with zero attached hydrogens (tertiary/aromatic N) is 1. The molecule has 0 fully saturated rings. The van der Waals surface area contributed by atoms with Gasteiger partial charge in [-0.2, -0.15) is 0 Å². The lowest BCUT2D eigenvalue weighted by Gasteiger charge is -2.23. The molecular formula is C22H23NO. The van der Waals surface area contributed by atoms with E-state index in [1.165, 1.54) is 0 Å². The average molecular weight is 317 g/mol. The molecule has 2 nitrogen and oxygen atoms in total. The molecule has 1 aromatic heterocycles. The van der Waals surface area contributed by atoms with Crippen molar-refractivity contribution in [1.82, 2.24) is 4.57 Å². The Morgan fingerprint density at radius 3 is 2.38 bits per heavy atom. The van der Waals surface area contributed by atoms with Gasteiger partial charge in [-0.15, -0.1) is 0 Å². The van der Waals surface area contributed by atoms with E-state index < -0.39 is 5.60 Å². The lowest BCUT2D eigenvalue weighted by atomic mass is 9.96. The molecule has 1 N–H and O–H groups in total. The zero-order valence-corrected chi connectivity index (χ0v) is 14.5. The second-order valence-electron chi connectivity index (χ2n) is 6.43. The maximum absolute atomic E-state index is 10.6. The normalized spacial score (nSPS) is 12.2. The lowest BCUT2D eigenvalue weighted by Crippen LogP contribution is -2.19. The molecule has 0 aliphatic carbocycles. The molecule has 3 aromatic rings. The Morgan fingerprint density at radius 1 is 1.04 bits per heavy atom. The molecule has 1 heterocycles. The third-order valence-electron chi connectivity index (χ3n) is 4.28. The van der Waals surface area contributed by atoms with Gasteiger partial charge in [-0.05, 0) is 39.0 Å². The first-order chi connectivity index (χ1) is 11.5. The largest absolute Gasteiger partial charge is 0.386 e. The number of benzene rings is 2. The van der Waals surface area contributed by atoms with Crippen molar-refractivity contribution >= 4 is 23.1 Å². The molecule has 24 heavy (non-hydrogen) atoms. The first-order valence-electron chi connectivity index (χ1n) is 8.20. The van der Waals surface area contributed by atoms with E-state index in [9.17, 15) is 5.11 Å². The van der Waals surface area contributed by atoms with Crippen LogP contribution in [-0.2, 0) is 5.60 Å². The molecule has 0 spiro atoms. The third-order valence-corrected chi connectivity index (χ3v) is 4.28. The van der Waals surface area contributed by atoms with E-state index in [1.54, 1.807) is 0 Å². The van der Waals surface area contributed by atoms with Crippen LogP contribution in [0.3, 0.4) is 0 Å². The van der Waals surface area contributed by atoms with Crippen molar-refractivity contribution in [1.29, 1.82) is 0 Å². The van der Waals surface area contributed by atoms with Crippen molar-refractivity contribution in [2.24, 2.45) is 0 Å². The van der Waals surface area contributed by atoms with E-state index in [1.807, 2.05) is 63.3 Å². The van der Waals surface area contributed by atoms with Crippen LogP contribution in [0, 0.1) is 0 Å². The van der Waals surface area contributed by atoms with Crippen LogP contribution in [0.2, 0.25) is 0 Å². The Hall–Kier alpha value is -2.58. The number of fused-ring (bicyclic) bond motifs is 1. The minimum Gasteiger partial charge on any atom is -0.386 e. The Bertz CT molecular complexity index is 923. The monoisotopic (exact) mass is 317 g/mol. The van der Waals surface area contributed by atoms with Gasteiger partial charge in [0.1, 0.15) is 0 Å². The maximum atomic E-state index is 10.6. The summed E-state index contributed by atoms with van der Waals surface area (Å²) in [7, 11) is 0. The van der Waals surface area contributed by atoms with Crippen molar-refractivity contribution < 1.29 is 5.11 Å². The van der Waals surface area contributed by atoms with Crippen LogP contribution < -0.4 is 0 Å². The predicted octanol–water partition coefficient (Wildman–Crippen LogP) is 5.53. The summed E-state index contributed by atoms with van der Waals surface area (Å²) in [5.74, 6) is 0. The molecule has 0 aliphatic heterocycles. The fourth-order valence-corrected chi connectivity index (χ4v) is 3.27. The Morgan fingerprint density at radius 2 is 1.71 bits per heavy atom. The second kappa shape index (κ2) is 6.14. The van der Waals surface area contributed by atoms with Gasteiger partial charge in [-0.1, -0.05) is 55.1 Å². The SMILES string of the molecule is C=Cc1c(/C=C\C)n(-c2ccccc2C(C)(C)O)c2ccccc12. The van der Waals surface area contributed by atoms with Gasteiger partial charge in [0.2, 0.25) is 0 Å². The van der Waals surface area contributed by atoms with Crippen LogP contribution in [0.25, 0.3) is 28.7 Å². The van der Waals surface area contributed by atoms with Crippen molar-refractivity contribution in [3.8, 4) is 5.69 Å². The molecule has 0 saturated heterocycles. The van der Waals surface area contributed by atoms with E-state index in [-0.39, 0.29) is 0 Å². The zero-order chi connectivity index (χ0) is 17.3. The zero-order valence-electron chi connectivity index (χ0n) is 14.5. The van der Waals surface area contributed by atoms with E-state index >= 15 is 0 Å². The predicted molar refractivity (Wildman–Crippen MR) is 103 cm³/mol. The van der Waals surface area contributed by atoms with Gasteiger partial charge in [-0.25, -0.2) is 0 Å². The van der Waals surface area contributed by atoms with E-state index in [0.717, 1.165) is 33.4 Å². The van der Waals surface area contributed by atoms with Gasteiger partial charge < -0.3 is 9.67 Å². The Labute approximate surface area is 143 Å². The lowest BCUT2D eigenvalue weighted by molar-refractivity contribution is 0.0786. The smallest absolute Gasteiger partial charge is 0.0860 e. The van der Waals surface area contributed by atoms with Crippen LogP contribution in [0.4, 0.5) is 0 Å². The molecule has 122 valence electrons. The van der Waals surface area contributed by atoms with Crippen molar-refractivity contribution in [3.05, 3.63) is 78.0 Å². The molecule has 2 aromatic carbocycles. The summed E-state index contributed by atoms with van der Waals surface area (Å²) in [5, 5.41) is 11.8. The maximum Gasteiger partial charge on any atom is 0.0860 e. The fraction of sp³-hybridized carbons (Fsp3) is 0.182. The summed E-state index contributed by atoms with van der Waals surface area (Å²) >= 11 is 0. The number of rotatable bonds is 4. The fourth-order valence-electron chi connectivity index (χ4n) is 3.27. The first-order valence-corrected chi connectivity index (χ1v) is 8.20. The third kappa shape index (κ3) is 2.59. The molecule has 0 amide bonds. The van der Waals surface area contributed by atoms with Gasteiger partial charge in [0, 0.05) is 16.5 Å².